The van der Waals surface area contributed by atoms with Gasteiger partial charge in [0, 0.05) is 13.3 Å². The first-order valence-electron chi connectivity index (χ1n) is 4.22. The SMILES string of the molecule is C=C(CC)/C(NC)=C(C)/N=C\C. The van der Waals surface area contributed by atoms with Crippen molar-refractivity contribution in [2.24, 2.45) is 4.99 Å². The number of aliphatic imine (C=N–C) groups is 1. The molecule has 0 saturated carbocycles. The zero-order chi connectivity index (χ0) is 9.56. The summed E-state index contributed by atoms with van der Waals surface area (Å²) in [5, 5.41) is 3.10. The van der Waals surface area contributed by atoms with Gasteiger partial charge in [-0.25, -0.2) is 0 Å². The molecule has 68 valence electrons. The van der Waals surface area contributed by atoms with Gasteiger partial charge in [0.15, 0.2) is 0 Å². The van der Waals surface area contributed by atoms with Crippen LogP contribution in [0.3, 0.4) is 0 Å². The summed E-state index contributed by atoms with van der Waals surface area (Å²) in [7, 11) is 1.89. The first-order chi connectivity index (χ1) is 5.67. The van der Waals surface area contributed by atoms with Crippen molar-refractivity contribution in [2.75, 3.05) is 7.05 Å². The molecule has 0 atom stereocenters. The summed E-state index contributed by atoms with van der Waals surface area (Å²) >= 11 is 0. The number of nitrogens with one attached hydrogen (secondary N) is 1. The normalized spacial score (nSPS) is 13.0. The van der Waals surface area contributed by atoms with Gasteiger partial charge < -0.3 is 5.32 Å². The molecule has 0 saturated heterocycles. The Kier molecular flexibility index (Phi) is 5.09. The van der Waals surface area contributed by atoms with Crippen LogP contribution < -0.4 is 5.32 Å². The molecule has 0 aliphatic rings. The van der Waals surface area contributed by atoms with E-state index < -0.39 is 0 Å². The van der Waals surface area contributed by atoms with E-state index in [1.54, 1.807) is 6.21 Å². The first kappa shape index (κ1) is 11.0. The van der Waals surface area contributed by atoms with E-state index in [2.05, 4.69) is 23.8 Å². The minimum Gasteiger partial charge on any atom is -0.386 e. The molecule has 0 bridgehead atoms. The van der Waals surface area contributed by atoms with Crippen LogP contribution in [0.15, 0.2) is 28.5 Å². The van der Waals surface area contributed by atoms with Crippen molar-refractivity contribution in [2.45, 2.75) is 27.2 Å². The zero-order valence-electron chi connectivity index (χ0n) is 8.44. The smallest absolute Gasteiger partial charge is 0.0602 e. The fraction of sp³-hybridized carbons (Fsp3) is 0.500. The molecular weight excluding hydrogens is 148 g/mol. The predicted molar refractivity (Wildman–Crippen MR) is 55.4 cm³/mol. The van der Waals surface area contributed by atoms with Crippen LogP contribution in [0.5, 0.6) is 0 Å². The third kappa shape index (κ3) is 2.91. The summed E-state index contributed by atoms with van der Waals surface area (Å²) in [6, 6.07) is 0. The Morgan fingerprint density at radius 1 is 1.58 bits per heavy atom. The maximum atomic E-state index is 4.20. The van der Waals surface area contributed by atoms with E-state index in [9.17, 15) is 0 Å². The Bertz CT molecular complexity index is 212. The second kappa shape index (κ2) is 5.58. The van der Waals surface area contributed by atoms with Crippen molar-refractivity contribution in [3.05, 3.63) is 23.5 Å². The van der Waals surface area contributed by atoms with Gasteiger partial charge in [-0.15, -0.1) is 0 Å². The number of allylic oxidation sites excluding steroid dienone is 2. The Labute approximate surface area is 75.1 Å². The molecule has 2 nitrogen and oxygen atoms in total. The van der Waals surface area contributed by atoms with E-state index in [1.807, 2.05) is 20.9 Å². The van der Waals surface area contributed by atoms with Crippen LogP contribution in [0.25, 0.3) is 0 Å². The summed E-state index contributed by atoms with van der Waals surface area (Å²) in [5.41, 5.74) is 3.14. The highest BCUT2D eigenvalue weighted by Gasteiger charge is 2.01. The van der Waals surface area contributed by atoms with E-state index in [1.165, 1.54) is 0 Å². The highest BCUT2D eigenvalue weighted by Crippen LogP contribution is 2.13. The summed E-state index contributed by atoms with van der Waals surface area (Å²) < 4.78 is 0. The lowest BCUT2D eigenvalue weighted by Crippen LogP contribution is -2.09. The Hall–Kier alpha value is -1.05. The second-order valence-corrected chi connectivity index (χ2v) is 2.55. The highest BCUT2D eigenvalue weighted by atomic mass is 14.9. The van der Waals surface area contributed by atoms with E-state index in [-0.39, 0.29) is 0 Å². The molecule has 0 unspecified atom stereocenters. The molecule has 0 rings (SSSR count). The van der Waals surface area contributed by atoms with Crippen LogP contribution in [0.4, 0.5) is 0 Å². The van der Waals surface area contributed by atoms with Gasteiger partial charge in [-0.3, -0.25) is 4.99 Å². The third-order valence-electron chi connectivity index (χ3n) is 1.71. The zero-order valence-corrected chi connectivity index (χ0v) is 8.44. The maximum absolute atomic E-state index is 4.20. The Morgan fingerprint density at radius 3 is 2.50 bits per heavy atom. The summed E-state index contributed by atoms with van der Waals surface area (Å²) in [4.78, 5) is 4.20. The number of nitrogens with zero attached hydrogens (tertiary/aromatic N) is 1. The Balaban J connectivity index is 4.72. The van der Waals surface area contributed by atoms with Crippen molar-refractivity contribution in [1.29, 1.82) is 0 Å². The molecule has 2 heteroatoms. The van der Waals surface area contributed by atoms with Crippen LogP contribution in [0.1, 0.15) is 27.2 Å². The lowest BCUT2D eigenvalue weighted by molar-refractivity contribution is 0.926. The standard InChI is InChI=1S/C10H18N2/c1-6-8(3)10(11-5)9(4)12-7-2/h7,11H,3,6H2,1-2,4-5H3/b10-9-,12-7-. The largest absolute Gasteiger partial charge is 0.386 e. The predicted octanol–water partition coefficient (Wildman–Crippen LogP) is 2.49. The molecule has 0 fully saturated rings. The minimum absolute atomic E-state index is 0.951. The lowest BCUT2D eigenvalue weighted by Gasteiger charge is -2.09. The van der Waals surface area contributed by atoms with Gasteiger partial charge in [-0.05, 0) is 25.8 Å². The number of hydrogen-bond acceptors (Lipinski definition) is 2. The van der Waals surface area contributed by atoms with Gasteiger partial charge in [-0.1, -0.05) is 13.5 Å². The highest BCUT2D eigenvalue weighted by molar-refractivity contribution is 5.55. The molecule has 0 spiro atoms. The van der Waals surface area contributed by atoms with Gasteiger partial charge in [-0.2, -0.15) is 0 Å². The van der Waals surface area contributed by atoms with Crippen molar-refractivity contribution in [3.8, 4) is 0 Å². The molecule has 0 aromatic rings. The summed E-state index contributed by atoms with van der Waals surface area (Å²) in [6.45, 7) is 9.93. The summed E-state index contributed by atoms with van der Waals surface area (Å²) in [6.07, 6.45) is 2.74. The minimum atomic E-state index is 0.951. The average molecular weight is 166 g/mol. The van der Waals surface area contributed by atoms with E-state index in [4.69, 9.17) is 0 Å². The van der Waals surface area contributed by atoms with Crippen molar-refractivity contribution < 1.29 is 0 Å². The number of rotatable bonds is 4. The molecule has 0 aliphatic heterocycles. The van der Waals surface area contributed by atoms with E-state index in [0.29, 0.717) is 0 Å². The monoisotopic (exact) mass is 166 g/mol. The molecular formula is C10H18N2. The van der Waals surface area contributed by atoms with Crippen LogP contribution in [0, 0.1) is 0 Å². The summed E-state index contributed by atoms with van der Waals surface area (Å²) in [5.74, 6) is 0. The number of likely N-dealkylation sites (N-methyl/N-ethyl adjacent to an activating group) is 1. The van der Waals surface area contributed by atoms with Crippen molar-refractivity contribution in [3.63, 3.8) is 0 Å². The molecule has 12 heavy (non-hydrogen) atoms. The van der Waals surface area contributed by atoms with Crippen molar-refractivity contribution in [1.82, 2.24) is 5.32 Å². The molecule has 0 aliphatic carbocycles. The molecule has 0 radical (unpaired) electrons. The van der Waals surface area contributed by atoms with Crippen LogP contribution >= 0.6 is 0 Å². The van der Waals surface area contributed by atoms with Crippen LogP contribution in [-0.4, -0.2) is 13.3 Å². The Morgan fingerprint density at radius 2 is 2.17 bits per heavy atom. The van der Waals surface area contributed by atoms with E-state index in [0.717, 1.165) is 23.4 Å². The lowest BCUT2D eigenvalue weighted by atomic mass is 10.1. The third-order valence-corrected chi connectivity index (χ3v) is 1.71. The van der Waals surface area contributed by atoms with Gasteiger partial charge in [0.05, 0.1) is 11.4 Å². The molecule has 0 amide bonds. The number of hydrogen-bond donors (Lipinski definition) is 1. The van der Waals surface area contributed by atoms with Crippen LogP contribution in [-0.2, 0) is 0 Å². The topological polar surface area (TPSA) is 24.4 Å². The fourth-order valence-corrected chi connectivity index (χ4v) is 1.05. The van der Waals surface area contributed by atoms with Gasteiger partial charge in [0.25, 0.3) is 0 Å². The first-order valence-corrected chi connectivity index (χ1v) is 4.22. The fourth-order valence-electron chi connectivity index (χ4n) is 1.05. The van der Waals surface area contributed by atoms with Gasteiger partial charge >= 0.3 is 0 Å². The molecule has 0 heterocycles. The molecule has 0 aromatic carbocycles. The quantitative estimate of drug-likeness (QED) is 0.503. The van der Waals surface area contributed by atoms with Crippen molar-refractivity contribution >= 4 is 6.21 Å². The maximum Gasteiger partial charge on any atom is 0.0602 e. The van der Waals surface area contributed by atoms with E-state index >= 15 is 0 Å². The second-order valence-electron chi connectivity index (χ2n) is 2.55. The molecule has 1 N–H and O–H groups in total. The van der Waals surface area contributed by atoms with Gasteiger partial charge in [0.2, 0.25) is 0 Å². The molecule has 0 aromatic heterocycles. The van der Waals surface area contributed by atoms with Crippen LogP contribution in [0.2, 0.25) is 0 Å². The van der Waals surface area contributed by atoms with Gasteiger partial charge in [0.1, 0.15) is 0 Å². The average Bonchev–Trinajstić information content (AvgIpc) is 2.06.